The maximum absolute atomic E-state index is 13.4. The normalized spacial score (nSPS) is 11.1. The van der Waals surface area contributed by atoms with Crippen LogP contribution in [-0.4, -0.2) is 36.7 Å². The number of rotatable bonds is 5. The number of fused-ring (bicyclic) bond motifs is 1. The van der Waals surface area contributed by atoms with Crippen LogP contribution in [0.25, 0.3) is 16.9 Å². The Morgan fingerprint density at radius 3 is 2.59 bits per heavy atom. The molecule has 9 heteroatoms. The van der Waals surface area contributed by atoms with Crippen LogP contribution in [0.1, 0.15) is 17.1 Å². The van der Waals surface area contributed by atoms with Crippen molar-refractivity contribution in [1.29, 1.82) is 0 Å². The Balaban J connectivity index is 1.73. The topological polar surface area (TPSA) is 96.1 Å². The van der Waals surface area contributed by atoms with E-state index in [1.807, 2.05) is 29.7 Å². The lowest BCUT2D eigenvalue weighted by molar-refractivity contribution is 0.426. The van der Waals surface area contributed by atoms with Crippen LogP contribution in [-0.2, 0) is 6.54 Å². The van der Waals surface area contributed by atoms with Gasteiger partial charge in [0.05, 0.1) is 5.52 Å². The van der Waals surface area contributed by atoms with Crippen molar-refractivity contribution < 1.29 is 14.4 Å². The predicted molar refractivity (Wildman–Crippen MR) is 110 cm³/mol. The summed E-state index contributed by atoms with van der Waals surface area (Å²) in [5, 5.41) is 23.1. The summed E-state index contributed by atoms with van der Waals surface area (Å²) in [5.74, 6) is 1.01. The zero-order valence-corrected chi connectivity index (χ0v) is 16.0. The van der Waals surface area contributed by atoms with Gasteiger partial charge in [-0.3, -0.25) is 4.57 Å². The smallest absolute Gasteiger partial charge is 0.423 e. The van der Waals surface area contributed by atoms with Gasteiger partial charge in [-0.2, -0.15) is 15.0 Å². The van der Waals surface area contributed by atoms with Gasteiger partial charge in [-0.15, -0.1) is 0 Å². The maximum atomic E-state index is 13.4. The van der Waals surface area contributed by atoms with Crippen LogP contribution < -0.4 is 10.8 Å². The van der Waals surface area contributed by atoms with Crippen LogP contribution in [0.5, 0.6) is 0 Å². The van der Waals surface area contributed by atoms with E-state index in [1.165, 1.54) is 12.1 Å². The fourth-order valence-corrected chi connectivity index (χ4v) is 3.35. The molecule has 2 aromatic carbocycles. The third-order valence-electron chi connectivity index (χ3n) is 4.62. The van der Waals surface area contributed by atoms with Crippen LogP contribution >= 0.6 is 0 Å². The van der Waals surface area contributed by atoms with Gasteiger partial charge in [-0.1, -0.05) is 24.3 Å². The fourth-order valence-electron chi connectivity index (χ4n) is 3.35. The molecule has 0 fully saturated rings. The van der Waals surface area contributed by atoms with Gasteiger partial charge in [0, 0.05) is 17.6 Å². The first-order valence-corrected chi connectivity index (χ1v) is 9.11. The van der Waals surface area contributed by atoms with E-state index in [0.29, 0.717) is 35.1 Å². The summed E-state index contributed by atoms with van der Waals surface area (Å²) in [6.45, 7) is 4.03. The van der Waals surface area contributed by atoms with Gasteiger partial charge >= 0.3 is 7.12 Å². The lowest BCUT2D eigenvalue weighted by atomic mass is 9.78. The first kappa shape index (κ1) is 19.0. The second-order valence-corrected chi connectivity index (χ2v) is 6.76. The lowest BCUT2D eigenvalue weighted by Gasteiger charge is -2.11. The number of benzene rings is 2. The Kier molecular flexibility index (Phi) is 5.00. The Morgan fingerprint density at radius 2 is 1.83 bits per heavy atom. The van der Waals surface area contributed by atoms with Gasteiger partial charge in [0.1, 0.15) is 11.6 Å². The fraction of sp³-hybridized carbons (Fsp3) is 0.150. The van der Waals surface area contributed by atoms with Gasteiger partial charge in [-0.05, 0) is 49.1 Å². The Labute approximate surface area is 167 Å². The van der Waals surface area contributed by atoms with Crippen LogP contribution in [0.15, 0.2) is 48.5 Å². The minimum absolute atomic E-state index is 0.298. The maximum Gasteiger partial charge on any atom is 0.489 e. The van der Waals surface area contributed by atoms with Crippen molar-refractivity contribution >= 4 is 29.4 Å². The quantitative estimate of drug-likeness (QED) is 0.450. The molecule has 2 heterocycles. The zero-order valence-electron chi connectivity index (χ0n) is 16.0. The van der Waals surface area contributed by atoms with Crippen LogP contribution in [0.3, 0.4) is 0 Å². The van der Waals surface area contributed by atoms with E-state index < -0.39 is 7.12 Å². The highest BCUT2D eigenvalue weighted by molar-refractivity contribution is 6.61. The number of hydrogen-bond acceptors (Lipinski definition) is 6. The predicted octanol–water partition coefficient (Wildman–Crippen LogP) is 1.86. The third kappa shape index (κ3) is 3.82. The van der Waals surface area contributed by atoms with E-state index >= 15 is 0 Å². The third-order valence-corrected chi connectivity index (χ3v) is 4.62. The SMILES string of the molecule is Cc1nc(NCc2cccc(F)c2)nc(-n2c(C)cc3c(B(O)O)cccc32)n1. The molecule has 0 aliphatic heterocycles. The second-order valence-electron chi connectivity index (χ2n) is 6.76. The van der Waals surface area contributed by atoms with E-state index in [4.69, 9.17) is 0 Å². The molecular formula is C20H19BFN5O2. The van der Waals surface area contributed by atoms with Crippen molar-refractivity contribution in [3.63, 3.8) is 0 Å². The lowest BCUT2D eigenvalue weighted by Crippen LogP contribution is -2.30. The molecule has 0 atom stereocenters. The minimum atomic E-state index is -1.57. The van der Waals surface area contributed by atoms with Crippen LogP contribution in [0.4, 0.5) is 10.3 Å². The molecule has 7 nitrogen and oxygen atoms in total. The largest absolute Gasteiger partial charge is 0.489 e. The highest BCUT2D eigenvalue weighted by Gasteiger charge is 2.19. The molecule has 0 amide bonds. The standard InChI is InChI=1S/C20H19BFN5O2/c1-12-9-16-17(21(28)29)7-4-8-18(16)27(12)20-25-13(2)24-19(26-20)23-11-14-5-3-6-15(22)10-14/h3-10,28-29H,11H2,1-2H3,(H,23,24,25,26). The molecular weight excluding hydrogens is 372 g/mol. The van der Waals surface area contributed by atoms with Crippen molar-refractivity contribution in [3.05, 3.63) is 71.4 Å². The minimum Gasteiger partial charge on any atom is -0.423 e. The number of aromatic nitrogens is 4. The average molecular weight is 391 g/mol. The number of anilines is 1. The van der Waals surface area contributed by atoms with Crippen LogP contribution in [0, 0.1) is 19.7 Å². The van der Waals surface area contributed by atoms with E-state index in [2.05, 4.69) is 20.3 Å². The first-order valence-electron chi connectivity index (χ1n) is 9.11. The van der Waals surface area contributed by atoms with E-state index in [9.17, 15) is 14.4 Å². The van der Waals surface area contributed by atoms with Gasteiger partial charge in [0.15, 0.2) is 0 Å². The van der Waals surface area contributed by atoms with Crippen LogP contribution in [0.2, 0.25) is 0 Å². The van der Waals surface area contributed by atoms with Crippen molar-refractivity contribution in [2.24, 2.45) is 0 Å². The van der Waals surface area contributed by atoms with E-state index in [0.717, 1.165) is 16.8 Å². The van der Waals surface area contributed by atoms with Crippen molar-refractivity contribution in [1.82, 2.24) is 19.5 Å². The van der Waals surface area contributed by atoms with Gasteiger partial charge in [-0.25, -0.2) is 4.39 Å². The van der Waals surface area contributed by atoms with Gasteiger partial charge < -0.3 is 15.4 Å². The summed E-state index contributed by atoms with van der Waals surface area (Å²) in [6.07, 6.45) is 0. The highest BCUT2D eigenvalue weighted by Crippen LogP contribution is 2.22. The molecule has 0 saturated heterocycles. The monoisotopic (exact) mass is 391 g/mol. The Morgan fingerprint density at radius 1 is 1.03 bits per heavy atom. The average Bonchev–Trinajstić information content (AvgIpc) is 3.01. The number of halogens is 1. The number of nitrogens with zero attached hydrogens (tertiary/aromatic N) is 4. The van der Waals surface area contributed by atoms with Crippen molar-refractivity contribution in [3.8, 4) is 5.95 Å². The molecule has 3 N–H and O–H groups in total. The van der Waals surface area contributed by atoms with Gasteiger partial charge in [0.25, 0.3) is 0 Å². The molecule has 29 heavy (non-hydrogen) atoms. The molecule has 0 spiro atoms. The molecule has 0 saturated carbocycles. The molecule has 146 valence electrons. The number of nitrogens with one attached hydrogen (secondary N) is 1. The summed E-state index contributed by atoms with van der Waals surface area (Å²) in [4.78, 5) is 13.3. The molecule has 0 unspecified atom stereocenters. The molecule has 0 aliphatic rings. The molecule has 0 bridgehead atoms. The van der Waals surface area contributed by atoms with E-state index in [-0.39, 0.29) is 5.82 Å². The molecule has 4 rings (SSSR count). The molecule has 0 radical (unpaired) electrons. The number of hydrogen-bond donors (Lipinski definition) is 3. The summed E-state index contributed by atoms with van der Waals surface area (Å²) in [6, 6.07) is 13.5. The number of aryl methyl sites for hydroxylation is 2. The first-order chi connectivity index (χ1) is 13.9. The highest BCUT2D eigenvalue weighted by atomic mass is 19.1. The van der Waals surface area contributed by atoms with E-state index in [1.54, 1.807) is 25.1 Å². The molecule has 2 aromatic heterocycles. The van der Waals surface area contributed by atoms with Gasteiger partial charge in [0.2, 0.25) is 11.9 Å². The second kappa shape index (κ2) is 7.61. The zero-order chi connectivity index (χ0) is 20.5. The Bertz CT molecular complexity index is 1190. The van der Waals surface area contributed by atoms with Crippen molar-refractivity contribution in [2.45, 2.75) is 20.4 Å². The summed E-state index contributed by atoms with van der Waals surface area (Å²) >= 11 is 0. The Hall–Kier alpha value is -3.30. The summed E-state index contributed by atoms with van der Waals surface area (Å²) in [5.41, 5.74) is 2.79. The summed E-state index contributed by atoms with van der Waals surface area (Å²) in [7, 11) is -1.57. The molecule has 4 aromatic rings. The summed E-state index contributed by atoms with van der Waals surface area (Å²) < 4.78 is 15.2. The van der Waals surface area contributed by atoms with Crippen molar-refractivity contribution in [2.75, 3.05) is 5.32 Å². The molecule has 0 aliphatic carbocycles.